The first kappa shape index (κ1) is 16.7. The average molecular weight is 372 g/mol. The van der Waals surface area contributed by atoms with Gasteiger partial charge in [0.2, 0.25) is 0 Å². The Labute approximate surface area is 147 Å². The number of thiazole rings is 1. The fraction of sp³-hybridized carbons (Fsp3) is 0.333. The van der Waals surface area contributed by atoms with E-state index in [1.54, 1.807) is 17.5 Å². The molecule has 2 aromatic rings. The van der Waals surface area contributed by atoms with Crippen LogP contribution in [0.15, 0.2) is 23.6 Å². The minimum atomic E-state index is -0.419. The van der Waals surface area contributed by atoms with E-state index in [0.717, 1.165) is 5.56 Å². The molecule has 2 unspecified atom stereocenters. The van der Waals surface area contributed by atoms with Crippen LogP contribution in [0.3, 0.4) is 0 Å². The second-order valence-electron chi connectivity index (χ2n) is 5.36. The van der Waals surface area contributed by atoms with Gasteiger partial charge in [0.1, 0.15) is 10.7 Å². The number of halogens is 2. The number of β-amino-alcohol motifs (C(OH)–C–C–N with tert-alkyl or cyclic N) is 1. The predicted octanol–water partition coefficient (Wildman–Crippen LogP) is 2.43. The van der Waals surface area contributed by atoms with Crippen LogP contribution in [-0.2, 0) is 0 Å². The van der Waals surface area contributed by atoms with E-state index in [2.05, 4.69) is 15.6 Å². The van der Waals surface area contributed by atoms with Crippen molar-refractivity contribution in [2.75, 3.05) is 19.6 Å². The molecular weight excluding hydrogens is 357 g/mol. The van der Waals surface area contributed by atoms with Crippen molar-refractivity contribution in [3.63, 3.8) is 0 Å². The third-order valence-corrected chi connectivity index (χ3v) is 5.36. The van der Waals surface area contributed by atoms with Crippen LogP contribution < -0.4 is 10.6 Å². The average Bonchev–Trinajstić information content (AvgIpc) is 3.17. The molecule has 5 nitrogen and oxygen atoms in total. The molecule has 2 atom stereocenters. The molecule has 1 aromatic carbocycles. The van der Waals surface area contributed by atoms with Crippen molar-refractivity contribution in [2.24, 2.45) is 5.92 Å². The maximum absolute atomic E-state index is 12.2. The minimum Gasteiger partial charge on any atom is -0.391 e. The largest absolute Gasteiger partial charge is 0.391 e. The van der Waals surface area contributed by atoms with Gasteiger partial charge in [0.15, 0.2) is 0 Å². The van der Waals surface area contributed by atoms with Gasteiger partial charge in [-0.3, -0.25) is 4.79 Å². The standard InChI is InChI=1S/C15H15Cl2N3O2S/c16-10-2-1-8(3-11(10)17)15-20-12(7-23-15)14(22)19-5-9-4-18-6-13(9)21/h1-3,7,9,13,18,21H,4-6H2,(H,19,22). The topological polar surface area (TPSA) is 74.2 Å². The number of rotatable bonds is 4. The third-order valence-electron chi connectivity index (χ3n) is 3.73. The smallest absolute Gasteiger partial charge is 0.270 e. The number of nitrogens with zero attached hydrogens (tertiary/aromatic N) is 1. The van der Waals surface area contributed by atoms with Crippen LogP contribution in [0.25, 0.3) is 10.6 Å². The first-order valence-corrected chi connectivity index (χ1v) is 8.76. The van der Waals surface area contributed by atoms with Crippen LogP contribution in [-0.4, -0.2) is 41.7 Å². The van der Waals surface area contributed by atoms with Crippen molar-refractivity contribution >= 4 is 40.4 Å². The van der Waals surface area contributed by atoms with Crippen molar-refractivity contribution in [3.05, 3.63) is 39.3 Å². The number of aliphatic hydroxyl groups is 1. The van der Waals surface area contributed by atoms with Crippen molar-refractivity contribution in [1.29, 1.82) is 0 Å². The van der Waals surface area contributed by atoms with E-state index in [9.17, 15) is 9.90 Å². The zero-order valence-corrected chi connectivity index (χ0v) is 14.4. The summed E-state index contributed by atoms with van der Waals surface area (Å²) < 4.78 is 0. The second-order valence-corrected chi connectivity index (χ2v) is 7.03. The molecule has 0 radical (unpaired) electrons. The summed E-state index contributed by atoms with van der Waals surface area (Å²) in [6.07, 6.45) is -0.419. The van der Waals surface area contributed by atoms with Crippen molar-refractivity contribution in [3.8, 4) is 10.6 Å². The first-order chi connectivity index (χ1) is 11.0. The maximum atomic E-state index is 12.2. The summed E-state index contributed by atoms with van der Waals surface area (Å²) in [7, 11) is 0. The van der Waals surface area contributed by atoms with E-state index in [4.69, 9.17) is 23.2 Å². The summed E-state index contributed by atoms with van der Waals surface area (Å²) in [5.41, 5.74) is 1.18. The van der Waals surface area contributed by atoms with Gasteiger partial charge in [0.05, 0.1) is 16.1 Å². The molecule has 0 saturated carbocycles. The lowest BCUT2D eigenvalue weighted by Gasteiger charge is -2.13. The molecule has 1 amide bonds. The van der Waals surface area contributed by atoms with Crippen LogP contribution in [0.1, 0.15) is 10.5 Å². The molecule has 0 bridgehead atoms. The molecule has 1 fully saturated rings. The number of carbonyl (C=O) groups is 1. The Morgan fingerprint density at radius 1 is 1.39 bits per heavy atom. The molecule has 1 aliphatic heterocycles. The third kappa shape index (κ3) is 3.84. The number of carbonyl (C=O) groups excluding carboxylic acids is 1. The van der Waals surface area contributed by atoms with E-state index >= 15 is 0 Å². The maximum Gasteiger partial charge on any atom is 0.270 e. The highest BCUT2D eigenvalue weighted by molar-refractivity contribution is 7.13. The molecule has 2 heterocycles. The quantitative estimate of drug-likeness (QED) is 0.771. The molecule has 23 heavy (non-hydrogen) atoms. The van der Waals surface area contributed by atoms with E-state index in [1.807, 2.05) is 6.07 Å². The van der Waals surface area contributed by atoms with E-state index in [-0.39, 0.29) is 11.8 Å². The van der Waals surface area contributed by atoms with Gasteiger partial charge in [-0.1, -0.05) is 29.3 Å². The lowest BCUT2D eigenvalue weighted by Crippen LogP contribution is -2.34. The molecule has 1 aromatic heterocycles. The van der Waals surface area contributed by atoms with Crippen molar-refractivity contribution in [2.45, 2.75) is 6.10 Å². The lowest BCUT2D eigenvalue weighted by atomic mass is 10.1. The lowest BCUT2D eigenvalue weighted by molar-refractivity contribution is 0.0923. The van der Waals surface area contributed by atoms with Gasteiger partial charge in [0, 0.05) is 36.5 Å². The molecule has 8 heteroatoms. The zero-order valence-electron chi connectivity index (χ0n) is 12.1. The van der Waals surface area contributed by atoms with E-state index in [0.29, 0.717) is 40.4 Å². The molecule has 1 aliphatic rings. The SMILES string of the molecule is O=C(NCC1CNCC1O)c1csc(-c2ccc(Cl)c(Cl)c2)n1. The van der Waals surface area contributed by atoms with Crippen LogP contribution >= 0.6 is 34.5 Å². The molecule has 0 aliphatic carbocycles. The van der Waals surface area contributed by atoms with Gasteiger partial charge >= 0.3 is 0 Å². The fourth-order valence-electron chi connectivity index (χ4n) is 2.38. The Bertz CT molecular complexity index is 722. The Morgan fingerprint density at radius 3 is 2.91 bits per heavy atom. The minimum absolute atomic E-state index is 0.0344. The molecule has 0 spiro atoms. The predicted molar refractivity (Wildman–Crippen MR) is 92.3 cm³/mol. The summed E-state index contributed by atoms with van der Waals surface area (Å²) in [4.78, 5) is 16.5. The first-order valence-electron chi connectivity index (χ1n) is 7.12. The zero-order chi connectivity index (χ0) is 16.4. The number of amides is 1. The van der Waals surface area contributed by atoms with Gasteiger partial charge in [-0.25, -0.2) is 4.98 Å². The highest BCUT2D eigenvalue weighted by Crippen LogP contribution is 2.30. The monoisotopic (exact) mass is 371 g/mol. The van der Waals surface area contributed by atoms with Crippen LogP contribution in [0.2, 0.25) is 10.0 Å². The van der Waals surface area contributed by atoms with Gasteiger partial charge in [0.25, 0.3) is 5.91 Å². The Balaban J connectivity index is 1.66. The van der Waals surface area contributed by atoms with Gasteiger partial charge in [-0.15, -0.1) is 11.3 Å². The Morgan fingerprint density at radius 2 is 2.22 bits per heavy atom. The molecule has 3 rings (SSSR count). The molecule has 3 N–H and O–H groups in total. The molecule has 1 saturated heterocycles. The number of aliphatic hydroxyl groups excluding tert-OH is 1. The summed E-state index contributed by atoms with van der Waals surface area (Å²) in [6, 6.07) is 5.25. The van der Waals surface area contributed by atoms with Crippen LogP contribution in [0.5, 0.6) is 0 Å². The summed E-state index contributed by atoms with van der Waals surface area (Å²) in [5, 5.41) is 19.0. The number of hydrogen-bond donors (Lipinski definition) is 3. The van der Waals surface area contributed by atoms with Crippen LogP contribution in [0.4, 0.5) is 0 Å². The fourth-order valence-corrected chi connectivity index (χ4v) is 3.48. The second kappa shape index (κ2) is 7.15. The number of benzene rings is 1. The highest BCUT2D eigenvalue weighted by atomic mass is 35.5. The Kier molecular flexibility index (Phi) is 5.18. The number of nitrogens with one attached hydrogen (secondary N) is 2. The van der Waals surface area contributed by atoms with Gasteiger partial charge < -0.3 is 15.7 Å². The van der Waals surface area contributed by atoms with E-state index < -0.39 is 6.10 Å². The molecule has 122 valence electrons. The Hall–Kier alpha value is -1.18. The van der Waals surface area contributed by atoms with E-state index in [1.165, 1.54) is 11.3 Å². The number of hydrogen-bond acceptors (Lipinski definition) is 5. The summed E-state index contributed by atoms with van der Waals surface area (Å²) >= 11 is 13.3. The normalized spacial score (nSPS) is 20.7. The highest BCUT2D eigenvalue weighted by Gasteiger charge is 2.25. The number of aromatic nitrogens is 1. The van der Waals surface area contributed by atoms with Crippen molar-refractivity contribution in [1.82, 2.24) is 15.6 Å². The van der Waals surface area contributed by atoms with Gasteiger partial charge in [-0.2, -0.15) is 0 Å². The van der Waals surface area contributed by atoms with Crippen molar-refractivity contribution < 1.29 is 9.90 Å². The van der Waals surface area contributed by atoms with Gasteiger partial charge in [-0.05, 0) is 12.1 Å². The summed E-state index contributed by atoms with van der Waals surface area (Å²) in [6.45, 7) is 1.69. The van der Waals surface area contributed by atoms with Crippen LogP contribution in [0, 0.1) is 5.92 Å². The molecular formula is C15H15Cl2N3O2S. The summed E-state index contributed by atoms with van der Waals surface area (Å²) in [5.74, 6) is -0.209.